The first-order valence-electron chi connectivity index (χ1n) is 5.94. The van der Waals surface area contributed by atoms with E-state index in [4.69, 9.17) is 4.74 Å². The van der Waals surface area contributed by atoms with Crippen LogP contribution in [0.15, 0.2) is 0 Å². The molecule has 3 rings (SSSR count). The first-order chi connectivity index (χ1) is 6.72. The Balaban J connectivity index is 1.73. The maximum atomic E-state index is 11.4. The molecule has 2 heteroatoms. The molecular weight excluding hydrogens is 176 g/mol. The molecule has 78 valence electrons. The van der Waals surface area contributed by atoms with Gasteiger partial charge in [-0.1, -0.05) is 6.92 Å². The number of carbonyl (C=O) groups excluding carboxylic acids is 1. The van der Waals surface area contributed by atoms with Crippen molar-refractivity contribution in [2.75, 3.05) is 0 Å². The van der Waals surface area contributed by atoms with Crippen molar-refractivity contribution in [3.63, 3.8) is 0 Å². The van der Waals surface area contributed by atoms with Gasteiger partial charge in [-0.05, 0) is 44.4 Å². The van der Waals surface area contributed by atoms with Gasteiger partial charge < -0.3 is 4.74 Å². The molecule has 3 aliphatic carbocycles. The van der Waals surface area contributed by atoms with Crippen molar-refractivity contribution in [2.45, 2.75) is 57.5 Å². The highest BCUT2D eigenvalue weighted by Gasteiger charge is 2.72. The molecule has 0 bridgehead atoms. The SMILES string of the molecule is CCC(=O)OC1(C2(C3CC3)CC2)CC1. The first kappa shape index (κ1) is 8.75. The van der Waals surface area contributed by atoms with Crippen LogP contribution in [0.4, 0.5) is 0 Å². The maximum absolute atomic E-state index is 11.4. The molecule has 0 aliphatic heterocycles. The quantitative estimate of drug-likeness (QED) is 0.643. The Morgan fingerprint density at radius 3 is 2.29 bits per heavy atom. The molecule has 0 saturated heterocycles. The van der Waals surface area contributed by atoms with Gasteiger partial charge in [-0.2, -0.15) is 0 Å². The summed E-state index contributed by atoms with van der Waals surface area (Å²) in [6, 6.07) is 0. The molecule has 14 heavy (non-hydrogen) atoms. The van der Waals surface area contributed by atoms with Crippen molar-refractivity contribution in [3.8, 4) is 0 Å². The van der Waals surface area contributed by atoms with E-state index in [0.717, 1.165) is 18.8 Å². The highest BCUT2D eigenvalue weighted by Crippen LogP contribution is 2.74. The third-order valence-corrected chi connectivity index (χ3v) is 4.36. The van der Waals surface area contributed by atoms with E-state index in [1.807, 2.05) is 6.92 Å². The van der Waals surface area contributed by atoms with Crippen molar-refractivity contribution in [3.05, 3.63) is 0 Å². The minimum Gasteiger partial charge on any atom is -0.458 e. The molecule has 0 spiro atoms. The first-order valence-corrected chi connectivity index (χ1v) is 5.94. The highest BCUT2D eigenvalue weighted by molar-refractivity contribution is 5.70. The van der Waals surface area contributed by atoms with Gasteiger partial charge in [0.15, 0.2) is 0 Å². The Kier molecular flexibility index (Phi) is 1.58. The standard InChI is InChI=1S/C12H18O2/c1-2-10(13)14-12(7-8-12)11(5-6-11)9-3-4-9/h9H,2-8H2,1H3. The van der Waals surface area contributed by atoms with Crippen LogP contribution in [0.25, 0.3) is 0 Å². The summed E-state index contributed by atoms with van der Waals surface area (Å²) >= 11 is 0. The Hall–Kier alpha value is -0.530. The Morgan fingerprint density at radius 1 is 1.29 bits per heavy atom. The molecule has 3 saturated carbocycles. The van der Waals surface area contributed by atoms with Crippen LogP contribution in [-0.4, -0.2) is 11.6 Å². The normalized spacial score (nSPS) is 30.9. The lowest BCUT2D eigenvalue weighted by Gasteiger charge is -2.26. The molecular formula is C12H18O2. The van der Waals surface area contributed by atoms with Gasteiger partial charge in [-0.3, -0.25) is 4.79 Å². The van der Waals surface area contributed by atoms with Crippen LogP contribution in [0.1, 0.15) is 51.9 Å². The lowest BCUT2D eigenvalue weighted by molar-refractivity contribution is -0.156. The number of ether oxygens (including phenoxy) is 1. The summed E-state index contributed by atoms with van der Waals surface area (Å²) < 4.78 is 5.69. The van der Waals surface area contributed by atoms with Crippen LogP contribution in [-0.2, 0) is 9.53 Å². The fourth-order valence-corrected chi connectivity index (χ4v) is 3.11. The van der Waals surface area contributed by atoms with Crippen LogP contribution >= 0.6 is 0 Å². The predicted molar refractivity (Wildman–Crippen MR) is 52.7 cm³/mol. The molecule has 0 unspecified atom stereocenters. The summed E-state index contributed by atoms with van der Waals surface area (Å²) in [5.74, 6) is 0.907. The zero-order valence-electron chi connectivity index (χ0n) is 8.84. The highest BCUT2D eigenvalue weighted by atomic mass is 16.6. The molecule has 3 fully saturated rings. The smallest absolute Gasteiger partial charge is 0.306 e. The fourth-order valence-electron chi connectivity index (χ4n) is 3.11. The zero-order valence-corrected chi connectivity index (χ0v) is 8.84. The fraction of sp³-hybridized carbons (Fsp3) is 0.917. The Bertz CT molecular complexity index is 270. The Morgan fingerprint density at radius 2 is 1.93 bits per heavy atom. The van der Waals surface area contributed by atoms with E-state index in [-0.39, 0.29) is 11.6 Å². The van der Waals surface area contributed by atoms with Gasteiger partial charge >= 0.3 is 5.97 Å². The molecule has 0 heterocycles. The lowest BCUT2D eigenvalue weighted by atomic mass is 9.90. The second-order valence-corrected chi connectivity index (χ2v) is 5.25. The van der Waals surface area contributed by atoms with E-state index < -0.39 is 0 Å². The molecule has 0 aromatic heterocycles. The summed E-state index contributed by atoms with van der Waals surface area (Å²) in [5.41, 5.74) is 0.471. The monoisotopic (exact) mass is 194 g/mol. The number of esters is 1. The van der Waals surface area contributed by atoms with Gasteiger partial charge in [-0.25, -0.2) is 0 Å². The van der Waals surface area contributed by atoms with Crippen LogP contribution in [0, 0.1) is 11.3 Å². The molecule has 0 N–H and O–H groups in total. The average Bonchev–Trinajstić information content (AvgIpc) is 2.95. The van der Waals surface area contributed by atoms with Crippen molar-refractivity contribution >= 4 is 5.97 Å². The number of hydrogen-bond acceptors (Lipinski definition) is 2. The van der Waals surface area contributed by atoms with Gasteiger partial charge in [0, 0.05) is 11.8 Å². The third kappa shape index (κ3) is 1.06. The summed E-state index contributed by atoms with van der Waals surface area (Å²) in [5, 5.41) is 0. The van der Waals surface area contributed by atoms with E-state index in [0.29, 0.717) is 11.8 Å². The van der Waals surface area contributed by atoms with Crippen molar-refractivity contribution < 1.29 is 9.53 Å². The molecule has 0 radical (unpaired) electrons. The summed E-state index contributed by atoms with van der Waals surface area (Å²) in [6.07, 6.45) is 8.19. The second kappa shape index (κ2) is 2.53. The van der Waals surface area contributed by atoms with Crippen LogP contribution in [0.5, 0.6) is 0 Å². The zero-order chi connectivity index (χ0) is 9.81. The van der Waals surface area contributed by atoms with Crippen molar-refractivity contribution in [2.24, 2.45) is 11.3 Å². The molecule has 0 aromatic rings. The Labute approximate surface area is 85.0 Å². The molecule has 0 amide bonds. The van der Waals surface area contributed by atoms with Gasteiger partial charge in [-0.15, -0.1) is 0 Å². The largest absolute Gasteiger partial charge is 0.458 e. The third-order valence-electron chi connectivity index (χ3n) is 4.36. The average molecular weight is 194 g/mol. The van der Waals surface area contributed by atoms with Crippen LogP contribution in [0.3, 0.4) is 0 Å². The molecule has 2 nitrogen and oxygen atoms in total. The van der Waals surface area contributed by atoms with Crippen LogP contribution < -0.4 is 0 Å². The predicted octanol–water partition coefficient (Wildman–Crippen LogP) is 2.66. The number of rotatable bonds is 4. The minimum atomic E-state index is 0.00873. The van der Waals surface area contributed by atoms with E-state index in [9.17, 15) is 4.79 Å². The molecule has 0 atom stereocenters. The topological polar surface area (TPSA) is 26.3 Å². The van der Waals surface area contributed by atoms with E-state index in [2.05, 4.69) is 0 Å². The van der Waals surface area contributed by atoms with E-state index >= 15 is 0 Å². The van der Waals surface area contributed by atoms with Gasteiger partial charge in [0.2, 0.25) is 0 Å². The molecule has 3 aliphatic rings. The second-order valence-electron chi connectivity index (χ2n) is 5.25. The van der Waals surface area contributed by atoms with E-state index in [1.165, 1.54) is 25.7 Å². The lowest BCUT2D eigenvalue weighted by Crippen LogP contribution is -2.31. The molecule has 0 aromatic carbocycles. The number of hydrogen-bond donors (Lipinski definition) is 0. The van der Waals surface area contributed by atoms with Crippen molar-refractivity contribution in [1.82, 2.24) is 0 Å². The summed E-state index contributed by atoms with van der Waals surface area (Å²) in [4.78, 5) is 11.4. The van der Waals surface area contributed by atoms with Gasteiger partial charge in [0.1, 0.15) is 5.60 Å². The van der Waals surface area contributed by atoms with Crippen LogP contribution in [0.2, 0.25) is 0 Å². The van der Waals surface area contributed by atoms with Gasteiger partial charge in [0.25, 0.3) is 0 Å². The number of carbonyl (C=O) groups is 1. The van der Waals surface area contributed by atoms with Crippen molar-refractivity contribution in [1.29, 1.82) is 0 Å². The minimum absolute atomic E-state index is 0.00873. The van der Waals surface area contributed by atoms with Gasteiger partial charge in [0.05, 0.1) is 0 Å². The summed E-state index contributed by atoms with van der Waals surface area (Å²) in [7, 11) is 0. The summed E-state index contributed by atoms with van der Waals surface area (Å²) in [6.45, 7) is 1.88. The maximum Gasteiger partial charge on any atom is 0.306 e. The van der Waals surface area contributed by atoms with E-state index in [1.54, 1.807) is 0 Å².